The van der Waals surface area contributed by atoms with Crippen LogP contribution in [0.4, 0.5) is 10.8 Å². The minimum atomic E-state index is -0.0810. The molecular weight excluding hydrogens is 272 g/mol. The van der Waals surface area contributed by atoms with E-state index in [1.54, 1.807) is 0 Å². The number of amides is 1. The van der Waals surface area contributed by atoms with Crippen molar-refractivity contribution in [3.05, 3.63) is 5.56 Å². The van der Waals surface area contributed by atoms with E-state index in [0.717, 1.165) is 30.2 Å². The van der Waals surface area contributed by atoms with E-state index in [-0.39, 0.29) is 5.91 Å². The molecular formula is C14H22N4OS. The van der Waals surface area contributed by atoms with E-state index in [1.807, 2.05) is 0 Å². The van der Waals surface area contributed by atoms with Gasteiger partial charge in [-0.1, -0.05) is 19.8 Å². The second-order valence-corrected chi connectivity index (χ2v) is 6.72. The van der Waals surface area contributed by atoms with E-state index in [1.165, 1.54) is 30.8 Å². The smallest absolute Gasteiger partial charge is 0.258 e. The van der Waals surface area contributed by atoms with Crippen molar-refractivity contribution < 1.29 is 4.79 Å². The van der Waals surface area contributed by atoms with Crippen LogP contribution in [0, 0.1) is 5.92 Å². The first-order valence-electron chi connectivity index (χ1n) is 7.50. The van der Waals surface area contributed by atoms with E-state index in [2.05, 4.69) is 21.9 Å². The van der Waals surface area contributed by atoms with Gasteiger partial charge in [0.1, 0.15) is 10.6 Å². The van der Waals surface area contributed by atoms with Gasteiger partial charge < -0.3 is 16.4 Å². The molecule has 1 amide bonds. The zero-order valence-electron chi connectivity index (χ0n) is 11.8. The van der Waals surface area contributed by atoms with Crippen LogP contribution < -0.4 is 16.4 Å². The Kier molecular flexibility index (Phi) is 3.83. The third kappa shape index (κ3) is 3.23. The van der Waals surface area contributed by atoms with Crippen molar-refractivity contribution in [1.29, 1.82) is 0 Å². The average Bonchev–Trinajstić information content (AvgIpc) is 3.32. The summed E-state index contributed by atoms with van der Waals surface area (Å²) >= 11 is 1.30. The first kappa shape index (κ1) is 13.7. The number of nitrogens with two attached hydrogens (primary N) is 1. The number of hydrogen-bond acceptors (Lipinski definition) is 5. The van der Waals surface area contributed by atoms with E-state index in [9.17, 15) is 4.79 Å². The monoisotopic (exact) mass is 294 g/mol. The minimum absolute atomic E-state index is 0.0810. The van der Waals surface area contributed by atoms with Crippen molar-refractivity contribution in [2.24, 2.45) is 5.92 Å². The van der Waals surface area contributed by atoms with E-state index >= 15 is 0 Å². The summed E-state index contributed by atoms with van der Waals surface area (Å²) in [6.07, 6.45) is 7.07. The van der Waals surface area contributed by atoms with Crippen LogP contribution in [0.3, 0.4) is 0 Å². The molecule has 0 saturated heterocycles. The fourth-order valence-corrected chi connectivity index (χ4v) is 3.16. The number of nitrogens with one attached hydrogen (secondary N) is 2. The number of carbonyl (C=O) groups is 1. The summed E-state index contributed by atoms with van der Waals surface area (Å²) in [5.74, 6) is 1.13. The van der Waals surface area contributed by atoms with Crippen LogP contribution in [0.2, 0.25) is 0 Å². The molecule has 3 rings (SSSR count). The topological polar surface area (TPSA) is 80.0 Å². The Hall–Kier alpha value is -1.30. The van der Waals surface area contributed by atoms with Crippen LogP contribution in [0.5, 0.6) is 0 Å². The highest BCUT2D eigenvalue weighted by Gasteiger charge is 2.29. The highest BCUT2D eigenvalue weighted by molar-refractivity contribution is 7.11. The van der Waals surface area contributed by atoms with Gasteiger partial charge in [-0.2, -0.15) is 4.37 Å². The van der Waals surface area contributed by atoms with E-state index < -0.39 is 0 Å². The number of anilines is 2. The zero-order valence-corrected chi connectivity index (χ0v) is 12.6. The van der Waals surface area contributed by atoms with Crippen LogP contribution in [0.15, 0.2) is 0 Å². The quantitative estimate of drug-likeness (QED) is 0.722. The summed E-state index contributed by atoms with van der Waals surface area (Å²) in [5, 5.41) is 7.30. The maximum atomic E-state index is 12.2. The van der Waals surface area contributed by atoms with Gasteiger partial charge in [0.05, 0.1) is 0 Å². The second-order valence-electron chi connectivity index (χ2n) is 5.95. The van der Waals surface area contributed by atoms with Crippen molar-refractivity contribution in [1.82, 2.24) is 9.69 Å². The lowest BCUT2D eigenvalue weighted by Gasteiger charge is -2.17. The van der Waals surface area contributed by atoms with Crippen molar-refractivity contribution >= 4 is 28.3 Å². The van der Waals surface area contributed by atoms with Crippen molar-refractivity contribution in [2.45, 2.75) is 57.5 Å². The first-order chi connectivity index (χ1) is 9.67. The van der Waals surface area contributed by atoms with Gasteiger partial charge in [0.25, 0.3) is 5.91 Å². The molecule has 1 atom stereocenters. The van der Waals surface area contributed by atoms with Crippen LogP contribution in [0.1, 0.15) is 55.8 Å². The first-order valence-corrected chi connectivity index (χ1v) is 8.27. The lowest BCUT2D eigenvalue weighted by molar-refractivity contribution is 0.0953. The fraction of sp³-hybridized carbons (Fsp3) is 0.714. The molecule has 1 aromatic rings. The summed E-state index contributed by atoms with van der Waals surface area (Å²) in [6.45, 7) is 2.17. The third-order valence-electron chi connectivity index (χ3n) is 4.00. The molecule has 1 heterocycles. The standard InChI is InChI=1S/C14H22N4OS/c1-2-9(7-8-3-4-8)17-14-11(12(15)18-20-14)13(19)16-10-5-6-10/h8-10,17H,2-7H2,1H3,(H2,15,18)(H,16,19). The summed E-state index contributed by atoms with van der Waals surface area (Å²) in [7, 11) is 0. The lowest BCUT2D eigenvalue weighted by Crippen LogP contribution is -2.27. The summed E-state index contributed by atoms with van der Waals surface area (Å²) in [4.78, 5) is 12.2. The summed E-state index contributed by atoms with van der Waals surface area (Å²) in [5.41, 5.74) is 6.41. The molecule has 0 aliphatic heterocycles. The summed E-state index contributed by atoms with van der Waals surface area (Å²) in [6, 6.07) is 0.748. The molecule has 0 radical (unpaired) electrons. The van der Waals surface area contributed by atoms with Gasteiger partial charge in [0.2, 0.25) is 0 Å². The molecule has 1 unspecified atom stereocenters. The predicted molar refractivity (Wildman–Crippen MR) is 82.1 cm³/mol. The molecule has 5 nitrogen and oxygen atoms in total. The molecule has 0 aromatic carbocycles. The van der Waals surface area contributed by atoms with Gasteiger partial charge in [0, 0.05) is 12.1 Å². The van der Waals surface area contributed by atoms with Gasteiger partial charge in [-0.3, -0.25) is 4.79 Å². The number of aromatic nitrogens is 1. The van der Waals surface area contributed by atoms with Crippen LogP contribution in [0.25, 0.3) is 0 Å². The Labute approximate surface area is 123 Å². The van der Waals surface area contributed by atoms with Crippen molar-refractivity contribution in [3.8, 4) is 0 Å². The Balaban J connectivity index is 1.69. The molecule has 2 aliphatic rings. The van der Waals surface area contributed by atoms with Crippen LogP contribution >= 0.6 is 11.5 Å². The molecule has 4 N–H and O–H groups in total. The number of rotatable bonds is 7. The van der Waals surface area contributed by atoms with Crippen molar-refractivity contribution in [2.75, 3.05) is 11.1 Å². The second kappa shape index (κ2) is 5.60. The molecule has 20 heavy (non-hydrogen) atoms. The lowest BCUT2D eigenvalue weighted by atomic mass is 10.1. The Morgan fingerprint density at radius 2 is 2.20 bits per heavy atom. The molecule has 1 aromatic heterocycles. The molecule has 2 fully saturated rings. The SMILES string of the molecule is CCC(CC1CC1)Nc1snc(N)c1C(=O)NC1CC1. The maximum absolute atomic E-state index is 12.2. The third-order valence-corrected chi connectivity index (χ3v) is 4.79. The molecule has 0 spiro atoms. The largest absolute Gasteiger partial charge is 0.382 e. The highest BCUT2D eigenvalue weighted by atomic mass is 32.1. The van der Waals surface area contributed by atoms with Gasteiger partial charge >= 0.3 is 0 Å². The highest BCUT2D eigenvalue weighted by Crippen LogP contribution is 2.36. The van der Waals surface area contributed by atoms with Crippen LogP contribution in [-0.2, 0) is 0 Å². The molecule has 2 saturated carbocycles. The van der Waals surface area contributed by atoms with Gasteiger partial charge in [-0.05, 0) is 43.1 Å². The van der Waals surface area contributed by atoms with Crippen LogP contribution in [-0.4, -0.2) is 22.4 Å². The zero-order chi connectivity index (χ0) is 14.1. The normalized spacial score (nSPS) is 19.6. The predicted octanol–water partition coefficient (Wildman–Crippen LogP) is 2.61. The Bertz CT molecular complexity index is 493. The Morgan fingerprint density at radius 3 is 2.80 bits per heavy atom. The van der Waals surface area contributed by atoms with Crippen molar-refractivity contribution in [3.63, 3.8) is 0 Å². The van der Waals surface area contributed by atoms with Gasteiger partial charge in [-0.15, -0.1) is 0 Å². The summed E-state index contributed by atoms with van der Waals surface area (Å²) < 4.78 is 4.14. The number of hydrogen-bond donors (Lipinski definition) is 3. The Morgan fingerprint density at radius 1 is 1.45 bits per heavy atom. The van der Waals surface area contributed by atoms with E-state index in [4.69, 9.17) is 5.73 Å². The number of carbonyl (C=O) groups excluding carboxylic acids is 1. The van der Waals surface area contributed by atoms with Gasteiger partial charge in [-0.25, -0.2) is 0 Å². The average molecular weight is 294 g/mol. The molecule has 2 aliphatic carbocycles. The van der Waals surface area contributed by atoms with Gasteiger partial charge in [0.15, 0.2) is 5.82 Å². The fourth-order valence-electron chi connectivity index (χ4n) is 2.37. The minimum Gasteiger partial charge on any atom is -0.382 e. The van der Waals surface area contributed by atoms with E-state index in [0.29, 0.717) is 23.5 Å². The number of nitrogens with zero attached hydrogens (tertiary/aromatic N) is 1. The maximum Gasteiger partial charge on any atom is 0.258 e. The molecule has 6 heteroatoms. The molecule has 110 valence electrons. The number of nitrogen functional groups attached to an aromatic ring is 1. The molecule has 0 bridgehead atoms.